The highest BCUT2D eigenvalue weighted by molar-refractivity contribution is 6.33. The molecule has 0 radical (unpaired) electrons. The van der Waals surface area contributed by atoms with Crippen molar-refractivity contribution in [2.75, 3.05) is 14.2 Å². The minimum Gasteiger partial charge on any atom is -0.467 e. The zero-order chi connectivity index (χ0) is 49.9. The standard InChI is InChI=1S/C31H39ClN4O5.C21H22ClN3O2/c1-19(2)16-20-10-13-22(14-11-20)25-33-26(35-27(34-25)39-9)23-17-21(12-15-24(23)32)18-36(28(37)40-30(3,4)5)29(38)41-31(6,7)8;1-13(2)10-14-4-7-16(8-5-14)19-23-20(25-21(24-19)27-3)17-11-15(12-26)6-9-18(17)22/h10-15,17,19H,16,18H2,1-9H3;4-9,11,13,26H,10,12H2,1-3H3. The molecule has 2 amide bonds. The summed E-state index contributed by atoms with van der Waals surface area (Å²) < 4.78 is 21.6. The predicted octanol–water partition coefficient (Wildman–Crippen LogP) is 12.3. The molecule has 0 atom stereocenters. The van der Waals surface area contributed by atoms with Crippen LogP contribution in [0.25, 0.3) is 45.6 Å². The van der Waals surface area contributed by atoms with E-state index in [1.165, 1.54) is 25.3 Å². The molecule has 68 heavy (non-hydrogen) atoms. The van der Waals surface area contributed by atoms with Gasteiger partial charge < -0.3 is 24.1 Å². The average molecular weight is 967 g/mol. The molecule has 1 N–H and O–H groups in total. The van der Waals surface area contributed by atoms with E-state index >= 15 is 0 Å². The van der Waals surface area contributed by atoms with E-state index in [1.54, 1.807) is 77.9 Å². The molecule has 0 saturated heterocycles. The lowest BCUT2D eigenvalue weighted by Crippen LogP contribution is -2.43. The average Bonchev–Trinajstić information content (AvgIpc) is 3.27. The number of carbonyl (C=O) groups excluding carboxylic acids is 2. The first-order valence-corrected chi connectivity index (χ1v) is 23.0. The molecular weight excluding hydrogens is 906 g/mol. The van der Waals surface area contributed by atoms with E-state index in [1.807, 2.05) is 24.3 Å². The molecule has 16 heteroatoms. The number of aliphatic hydroxyl groups is 1. The summed E-state index contributed by atoms with van der Waals surface area (Å²) in [5.74, 6) is 2.77. The number of nitrogens with zero attached hydrogens (tertiary/aromatic N) is 7. The lowest BCUT2D eigenvalue weighted by Gasteiger charge is -2.28. The van der Waals surface area contributed by atoms with Gasteiger partial charge in [-0.05, 0) is 113 Å². The minimum atomic E-state index is -0.826. The number of ether oxygens (including phenoxy) is 4. The van der Waals surface area contributed by atoms with E-state index in [0.29, 0.717) is 56.0 Å². The molecule has 2 aromatic heterocycles. The number of carbonyl (C=O) groups is 2. The van der Waals surface area contributed by atoms with Gasteiger partial charge in [-0.2, -0.15) is 19.9 Å². The molecule has 6 aromatic rings. The highest BCUT2D eigenvalue weighted by Crippen LogP contribution is 2.32. The number of aromatic nitrogens is 6. The first-order chi connectivity index (χ1) is 32.0. The molecule has 0 fully saturated rings. The highest BCUT2D eigenvalue weighted by atomic mass is 35.5. The molecule has 0 spiro atoms. The summed E-state index contributed by atoms with van der Waals surface area (Å²) in [6, 6.07) is 26.9. The summed E-state index contributed by atoms with van der Waals surface area (Å²) in [5, 5.41) is 10.3. The summed E-state index contributed by atoms with van der Waals surface area (Å²) in [7, 11) is 2.99. The Bertz CT molecular complexity index is 2640. The Morgan fingerprint density at radius 1 is 0.544 bits per heavy atom. The number of methoxy groups -OCH3 is 2. The van der Waals surface area contributed by atoms with E-state index in [4.69, 9.17) is 42.1 Å². The molecule has 0 saturated carbocycles. The fourth-order valence-corrected chi connectivity index (χ4v) is 7.03. The van der Waals surface area contributed by atoms with Crippen molar-refractivity contribution in [2.24, 2.45) is 11.8 Å². The summed E-state index contributed by atoms with van der Waals surface area (Å²) in [4.78, 5) is 53.8. The highest BCUT2D eigenvalue weighted by Gasteiger charge is 2.32. The van der Waals surface area contributed by atoms with E-state index in [-0.39, 0.29) is 31.0 Å². The lowest BCUT2D eigenvalue weighted by molar-refractivity contribution is -0.000266. The zero-order valence-electron chi connectivity index (χ0n) is 40.8. The van der Waals surface area contributed by atoms with Crippen LogP contribution in [-0.2, 0) is 35.5 Å². The second-order valence-electron chi connectivity index (χ2n) is 18.9. The molecule has 0 bridgehead atoms. The number of aliphatic hydroxyl groups excluding tert-OH is 1. The van der Waals surface area contributed by atoms with Crippen LogP contribution in [0, 0.1) is 11.8 Å². The second kappa shape index (κ2) is 23.2. The number of amides is 2. The van der Waals surface area contributed by atoms with Crippen molar-refractivity contribution in [3.63, 3.8) is 0 Å². The van der Waals surface area contributed by atoms with Crippen LogP contribution >= 0.6 is 23.2 Å². The van der Waals surface area contributed by atoms with Gasteiger partial charge in [-0.1, -0.05) is 112 Å². The Labute approximate surface area is 409 Å². The SMILES string of the molecule is COc1nc(-c2ccc(CC(C)C)cc2)nc(-c2cc(CN(C(=O)OC(C)(C)C)C(=O)OC(C)(C)C)ccc2Cl)n1.COc1nc(-c2ccc(CC(C)C)cc2)nc(-c2cc(CO)ccc2Cl)n1. The van der Waals surface area contributed by atoms with Crippen LogP contribution in [0.15, 0.2) is 84.9 Å². The van der Waals surface area contributed by atoms with Gasteiger partial charge in [0.15, 0.2) is 23.3 Å². The predicted molar refractivity (Wildman–Crippen MR) is 266 cm³/mol. The van der Waals surface area contributed by atoms with Gasteiger partial charge in [0.2, 0.25) is 0 Å². The van der Waals surface area contributed by atoms with Gasteiger partial charge in [-0.15, -0.1) is 0 Å². The van der Waals surface area contributed by atoms with Crippen LogP contribution in [0.5, 0.6) is 12.0 Å². The fourth-order valence-electron chi connectivity index (χ4n) is 6.62. The van der Waals surface area contributed by atoms with Gasteiger partial charge in [0.05, 0.1) is 37.4 Å². The minimum absolute atomic E-state index is 0.0867. The summed E-state index contributed by atoms with van der Waals surface area (Å²) in [5.41, 5.74) is 4.97. The van der Waals surface area contributed by atoms with Crippen molar-refractivity contribution in [3.05, 3.63) is 117 Å². The van der Waals surface area contributed by atoms with E-state index in [9.17, 15) is 14.7 Å². The molecule has 360 valence electrons. The van der Waals surface area contributed by atoms with Gasteiger partial charge in [-0.25, -0.2) is 24.5 Å². The Kier molecular flexibility index (Phi) is 18.0. The van der Waals surface area contributed by atoms with E-state index < -0.39 is 23.4 Å². The quantitative estimate of drug-likeness (QED) is 0.116. The Hall–Kier alpha value is -6.22. The molecule has 2 heterocycles. The zero-order valence-corrected chi connectivity index (χ0v) is 42.4. The first-order valence-electron chi connectivity index (χ1n) is 22.2. The molecular formula is C52H61Cl2N7O7. The fraction of sp³-hybridized carbons (Fsp3) is 0.385. The smallest absolute Gasteiger partial charge is 0.420 e. The summed E-state index contributed by atoms with van der Waals surface area (Å²) >= 11 is 12.9. The van der Waals surface area contributed by atoms with Crippen LogP contribution in [-0.4, -0.2) is 77.5 Å². The second-order valence-corrected chi connectivity index (χ2v) is 19.7. The van der Waals surface area contributed by atoms with Crippen LogP contribution in [0.1, 0.15) is 91.5 Å². The van der Waals surface area contributed by atoms with Crippen LogP contribution < -0.4 is 9.47 Å². The Morgan fingerprint density at radius 3 is 1.25 bits per heavy atom. The van der Waals surface area contributed by atoms with Crippen molar-refractivity contribution in [1.82, 2.24) is 34.8 Å². The molecule has 14 nitrogen and oxygen atoms in total. The largest absolute Gasteiger partial charge is 0.467 e. The molecule has 0 aliphatic carbocycles. The number of rotatable bonds is 13. The number of hydrogen-bond donors (Lipinski definition) is 1. The maximum atomic E-state index is 13.0. The van der Waals surface area contributed by atoms with Gasteiger partial charge >= 0.3 is 24.2 Å². The van der Waals surface area contributed by atoms with E-state index in [0.717, 1.165) is 34.4 Å². The Balaban J connectivity index is 0.000000276. The molecule has 4 aromatic carbocycles. The van der Waals surface area contributed by atoms with Gasteiger partial charge in [-0.3, -0.25) is 0 Å². The summed E-state index contributed by atoms with van der Waals surface area (Å²) in [6.45, 7) is 18.9. The van der Waals surface area contributed by atoms with Crippen molar-refractivity contribution in [3.8, 4) is 57.6 Å². The number of halogens is 2. The lowest BCUT2D eigenvalue weighted by atomic mass is 10.0. The van der Waals surface area contributed by atoms with Crippen LogP contribution in [0.4, 0.5) is 9.59 Å². The van der Waals surface area contributed by atoms with E-state index in [2.05, 4.69) is 81.9 Å². The van der Waals surface area contributed by atoms with Gasteiger partial charge in [0.25, 0.3) is 0 Å². The topological polar surface area (TPSA) is 172 Å². The molecule has 0 unspecified atom stereocenters. The first kappa shape index (κ1) is 52.7. The summed E-state index contributed by atoms with van der Waals surface area (Å²) in [6.07, 6.45) is 0.342. The van der Waals surface area contributed by atoms with Crippen molar-refractivity contribution in [2.45, 2.75) is 106 Å². The maximum Gasteiger partial charge on any atom is 0.420 e. The van der Waals surface area contributed by atoms with Gasteiger partial charge in [0.1, 0.15) is 11.2 Å². The van der Waals surface area contributed by atoms with Crippen molar-refractivity contribution in [1.29, 1.82) is 0 Å². The Morgan fingerprint density at radius 2 is 0.897 bits per heavy atom. The maximum absolute atomic E-state index is 13.0. The third-order valence-corrected chi connectivity index (χ3v) is 10.3. The molecule has 6 rings (SSSR count). The van der Waals surface area contributed by atoms with Crippen LogP contribution in [0.2, 0.25) is 10.0 Å². The van der Waals surface area contributed by atoms with Gasteiger partial charge in [0, 0.05) is 22.3 Å². The normalized spacial score (nSPS) is 11.5. The van der Waals surface area contributed by atoms with Crippen molar-refractivity contribution < 1.29 is 33.6 Å². The third-order valence-electron chi connectivity index (χ3n) is 9.60. The number of hydrogen-bond acceptors (Lipinski definition) is 13. The van der Waals surface area contributed by atoms with Crippen molar-refractivity contribution >= 4 is 35.4 Å². The third kappa shape index (κ3) is 15.4. The monoisotopic (exact) mass is 965 g/mol. The van der Waals surface area contributed by atoms with Crippen LogP contribution in [0.3, 0.4) is 0 Å². The molecule has 0 aliphatic heterocycles. The number of benzene rings is 4. The molecule has 0 aliphatic rings. The number of imide groups is 1.